The smallest absolute Gasteiger partial charge is 0.0558 e. The lowest BCUT2D eigenvalue weighted by atomic mass is 10.1. The second kappa shape index (κ2) is 3.85. The number of piperidine rings is 1. The summed E-state index contributed by atoms with van der Waals surface area (Å²) in [4.78, 5) is 2.27. The van der Waals surface area contributed by atoms with E-state index < -0.39 is 0 Å². The summed E-state index contributed by atoms with van der Waals surface area (Å²) in [7, 11) is 0. The van der Waals surface area contributed by atoms with E-state index in [1.807, 2.05) is 0 Å². The van der Waals surface area contributed by atoms with Crippen LogP contribution in [0, 0.1) is 6.42 Å². The van der Waals surface area contributed by atoms with E-state index in [0.717, 1.165) is 19.6 Å². The third-order valence-corrected chi connectivity index (χ3v) is 1.69. The van der Waals surface area contributed by atoms with Crippen molar-refractivity contribution >= 4 is 0 Å². The number of nitrogens with zero attached hydrogens (tertiary/aromatic N) is 1. The number of rotatable bonds is 2. The molecule has 2 nitrogen and oxygen atoms in total. The van der Waals surface area contributed by atoms with Crippen molar-refractivity contribution in [1.82, 2.24) is 4.90 Å². The Bertz CT molecular complexity index is 66.6. The molecule has 0 atom stereocenters. The van der Waals surface area contributed by atoms with Crippen LogP contribution in [0.3, 0.4) is 0 Å². The van der Waals surface area contributed by atoms with E-state index in [2.05, 4.69) is 11.3 Å². The Morgan fingerprint density at radius 2 is 2.44 bits per heavy atom. The van der Waals surface area contributed by atoms with Crippen molar-refractivity contribution < 1.29 is 5.11 Å². The van der Waals surface area contributed by atoms with Crippen LogP contribution < -0.4 is 0 Å². The lowest BCUT2D eigenvalue weighted by Gasteiger charge is -2.24. The minimum Gasteiger partial charge on any atom is -0.395 e. The van der Waals surface area contributed by atoms with Gasteiger partial charge < -0.3 is 10.0 Å². The van der Waals surface area contributed by atoms with E-state index in [0.29, 0.717) is 6.61 Å². The van der Waals surface area contributed by atoms with Crippen molar-refractivity contribution in [2.75, 3.05) is 26.2 Å². The SMILES string of the molecule is OCCN1C[CH]CCC1. The first-order valence-electron chi connectivity index (χ1n) is 3.58. The molecule has 0 aromatic rings. The van der Waals surface area contributed by atoms with Gasteiger partial charge in [-0.05, 0) is 25.8 Å². The predicted molar refractivity (Wildman–Crippen MR) is 37.1 cm³/mol. The van der Waals surface area contributed by atoms with Gasteiger partial charge in [-0.3, -0.25) is 0 Å². The van der Waals surface area contributed by atoms with Gasteiger partial charge in [0.2, 0.25) is 0 Å². The molecule has 0 amide bonds. The molecule has 1 rings (SSSR count). The van der Waals surface area contributed by atoms with Gasteiger partial charge in [0.25, 0.3) is 0 Å². The molecule has 1 heterocycles. The first-order valence-corrected chi connectivity index (χ1v) is 3.58. The second-order valence-corrected chi connectivity index (χ2v) is 2.46. The maximum Gasteiger partial charge on any atom is 0.0558 e. The molecule has 0 spiro atoms. The number of likely N-dealkylation sites (tertiary alicyclic amines) is 1. The number of hydrogen-bond acceptors (Lipinski definition) is 2. The van der Waals surface area contributed by atoms with Gasteiger partial charge in [0.05, 0.1) is 6.61 Å². The van der Waals surface area contributed by atoms with Crippen LogP contribution in [0.2, 0.25) is 0 Å². The Morgan fingerprint density at radius 1 is 1.56 bits per heavy atom. The quantitative estimate of drug-likeness (QED) is 0.577. The average molecular weight is 128 g/mol. The number of β-amino-alcohol motifs (C(OH)–C–C–N with tert-alkyl or cyclic N) is 1. The summed E-state index contributed by atoms with van der Waals surface area (Å²) in [5.41, 5.74) is 0. The third-order valence-electron chi connectivity index (χ3n) is 1.69. The third kappa shape index (κ3) is 2.33. The molecule has 1 aliphatic heterocycles. The van der Waals surface area contributed by atoms with Gasteiger partial charge in [0.15, 0.2) is 0 Å². The van der Waals surface area contributed by atoms with Crippen LogP contribution in [-0.2, 0) is 0 Å². The highest BCUT2D eigenvalue weighted by Gasteiger charge is 2.07. The number of aliphatic hydroxyl groups is 1. The first kappa shape index (κ1) is 7.03. The molecule has 1 N–H and O–H groups in total. The molecule has 0 aromatic heterocycles. The Balaban J connectivity index is 2.08. The molecule has 2 heteroatoms. The van der Waals surface area contributed by atoms with Gasteiger partial charge in [0, 0.05) is 13.1 Å². The summed E-state index contributed by atoms with van der Waals surface area (Å²) >= 11 is 0. The molecule has 0 aliphatic carbocycles. The Hall–Kier alpha value is -0.0800. The predicted octanol–water partition coefficient (Wildman–Crippen LogP) is 0.279. The van der Waals surface area contributed by atoms with Crippen LogP contribution in [0.5, 0.6) is 0 Å². The van der Waals surface area contributed by atoms with Crippen LogP contribution in [0.15, 0.2) is 0 Å². The fourth-order valence-electron chi connectivity index (χ4n) is 1.17. The van der Waals surface area contributed by atoms with E-state index in [1.54, 1.807) is 0 Å². The van der Waals surface area contributed by atoms with Gasteiger partial charge >= 0.3 is 0 Å². The molecule has 53 valence electrons. The summed E-state index contributed by atoms with van der Waals surface area (Å²) < 4.78 is 0. The van der Waals surface area contributed by atoms with E-state index >= 15 is 0 Å². The van der Waals surface area contributed by atoms with Gasteiger partial charge in [-0.25, -0.2) is 0 Å². The van der Waals surface area contributed by atoms with Gasteiger partial charge in [-0.15, -0.1) is 0 Å². The molecule has 0 aromatic carbocycles. The zero-order valence-corrected chi connectivity index (χ0v) is 5.71. The molecule has 0 bridgehead atoms. The van der Waals surface area contributed by atoms with Crippen molar-refractivity contribution in [3.8, 4) is 0 Å². The van der Waals surface area contributed by atoms with E-state index in [-0.39, 0.29) is 0 Å². The summed E-state index contributed by atoms with van der Waals surface area (Å²) in [6, 6.07) is 0. The molecular formula is C7H14NO. The highest BCUT2D eigenvalue weighted by atomic mass is 16.3. The van der Waals surface area contributed by atoms with Crippen molar-refractivity contribution in [2.24, 2.45) is 0 Å². The van der Waals surface area contributed by atoms with Crippen molar-refractivity contribution in [2.45, 2.75) is 12.8 Å². The minimum atomic E-state index is 0.299. The van der Waals surface area contributed by atoms with Crippen LogP contribution in [-0.4, -0.2) is 36.2 Å². The Morgan fingerprint density at radius 3 is 3.00 bits per heavy atom. The molecule has 0 unspecified atom stereocenters. The molecule has 1 radical (unpaired) electrons. The normalized spacial score (nSPS) is 22.3. The lowest BCUT2D eigenvalue weighted by Crippen LogP contribution is -2.32. The number of aliphatic hydroxyl groups excluding tert-OH is 1. The van der Waals surface area contributed by atoms with Crippen LogP contribution in [0.4, 0.5) is 0 Å². The summed E-state index contributed by atoms with van der Waals surface area (Å²) in [6.45, 7) is 3.38. The van der Waals surface area contributed by atoms with Crippen LogP contribution in [0.25, 0.3) is 0 Å². The minimum absolute atomic E-state index is 0.299. The first-order chi connectivity index (χ1) is 4.43. The van der Waals surface area contributed by atoms with E-state index in [1.165, 1.54) is 12.8 Å². The second-order valence-electron chi connectivity index (χ2n) is 2.46. The van der Waals surface area contributed by atoms with Crippen molar-refractivity contribution in [3.05, 3.63) is 6.42 Å². The zero-order chi connectivity index (χ0) is 6.53. The standard InChI is InChI=1S/C7H14NO/c9-7-6-8-4-2-1-3-5-8/h2,9H,1,3-7H2. The summed E-state index contributed by atoms with van der Waals surface area (Å²) in [5, 5.41) is 8.56. The monoisotopic (exact) mass is 128 g/mol. The van der Waals surface area contributed by atoms with E-state index in [9.17, 15) is 0 Å². The molecule has 1 saturated heterocycles. The van der Waals surface area contributed by atoms with E-state index in [4.69, 9.17) is 5.11 Å². The molecule has 9 heavy (non-hydrogen) atoms. The highest BCUT2D eigenvalue weighted by molar-refractivity contribution is 4.76. The van der Waals surface area contributed by atoms with Gasteiger partial charge in [-0.2, -0.15) is 0 Å². The molecular weight excluding hydrogens is 114 g/mol. The van der Waals surface area contributed by atoms with Crippen molar-refractivity contribution in [1.29, 1.82) is 0 Å². The fourth-order valence-corrected chi connectivity index (χ4v) is 1.17. The highest BCUT2D eigenvalue weighted by Crippen LogP contribution is 2.05. The van der Waals surface area contributed by atoms with Gasteiger partial charge in [-0.1, -0.05) is 0 Å². The van der Waals surface area contributed by atoms with Crippen LogP contribution in [0.1, 0.15) is 12.8 Å². The topological polar surface area (TPSA) is 23.5 Å². The maximum atomic E-state index is 8.56. The largest absolute Gasteiger partial charge is 0.395 e. The Kier molecular flexibility index (Phi) is 3.01. The lowest BCUT2D eigenvalue weighted by molar-refractivity contribution is 0.191. The zero-order valence-electron chi connectivity index (χ0n) is 5.71. The average Bonchev–Trinajstić information content (AvgIpc) is 1.91. The fraction of sp³-hybridized carbons (Fsp3) is 0.857. The van der Waals surface area contributed by atoms with Crippen molar-refractivity contribution in [3.63, 3.8) is 0 Å². The Labute approximate surface area is 56.5 Å². The maximum absolute atomic E-state index is 8.56. The van der Waals surface area contributed by atoms with Crippen LogP contribution >= 0.6 is 0 Å². The van der Waals surface area contributed by atoms with Gasteiger partial charge in [0.1, 0.15) is 0 Å². The summed E-state index contributed by atoms with van der Waals surface area (Å²) in [5.74, 6) is 0. The summed E-state index contributed by atoms with van der Waals surface area (Å²) in [6.07, 6.45) is 4.79. The molecule has 0 saturated carbocycles. The molecule has 1 aliphatic rings. The number of hydrogen-bond donors (Lipinski definition) is 1. The molecule has 1 fully saturated rings.